The van der Waals surface area contributed by atoms with Gasteiger partial charge in [0.05, 0.1) is 0 Å². The van der Waals surface area contributed by atoms with Crippen molar-refractivity contribution in [2.24, 2.45) is 0 Å². The Morgan fingerprint density at radius 2 is 2.25 bits per heavy atom. The van der Waals surface area contributed by atoms with Gasteiger partial charge in [-0.15, -0.1) is 11.3 Å². The molecule has 90 valence electrons. The molecule has 1 aliphatic rings. The number of hydrogen-bond acceptors (Lipinski definition) is 4. The summed E-state index contributed by atoms with van der Waals surface area (Å²) in [6.45, 7) is 7.85. The Labute approximate surface area is 109 Å². The first-order valence-corrected chi connectivity index (χ1v) is 7.39. The topological polar surface area (TPSA) is 27.3 Å². The first-order valence-electron chi connectivity index (χ1n) is 5.72. The molecule has 0 atom stereocenters. The maximum atomic E-state index is 3.55. The summed E-state index contributed by atoms with van der Waals surface area (Å²) in [5.41, 5.74) is 0. The van der Waals surface area contributed by atoms with Gasteiger partial charge in [0, 0.05) is 55.2 Å². The van der Waals surface area contributed by atoms with E-state index < -0.39 is 0 Å². The van der Waals surface area contributed by atoms with Crippen LogP contribution in [-0.4, -0.2) is 44.2 Å². The zero-order valence-electron chi connectivity index (χ0n) is 9.34. The molecule has 5 heteroatoms. The Balaban J connectivity index is 1.59. The van der Waals surface area contributed by atoms with Crippen LogP contribution in [0.25, 0.3) is 0 Å². The number of nitrogens with one attached hydrogen (secondary N) is 2. The average molecular weight is 304 g/mol. The van der Waals surface area contributed by atoms with Crippen molar-refractivity contribution in [1.82, 2.24) is 15.5 Å². The summed E-state index contributed by atoms with van der Waals surface area (Å²) in [4.78, 5) is 3.90. The van der Waals surface area contributed by atoms with Crippen molar-refractivity contribution in [2.75, 3.05) is 39.3 Å². The molecule has 1 aromatic heterocycles. The number of hydrogen-bond donors (Lipinski definition) is 2. The van der Waals surface area contributed by atoms with E-state index in [1.54, 1.807) is 11.3 Å². The van der Waals surface area contributed by atoms with Crippen molar-refractivity contribution in [3.63, 3.8) is 0 Å². The van der Waals surface area contributed by atoms with Crippen molar-refractivity contribution in [1.29, 1.82) is 0 Å². The van der Waals surface area contributed by atoms with E-state index in [9.17, 15) is 0 Å². The van der Waals surface area contributed by atoms with E-state index in [2.05, 4.69) is 42.9 Å². The molecule has 0 unspecified atom stereocenters. The highest BCUT2D eigenvalue weighted by molar-refractivity contribution is 9.10. The van der Waals surface area contributed by atoms with Gasteiger partial charge in [-0.3, -0.25) is 4.90 Å². The summed E-state index contributed by atoms with van der Waals surface area (Å²) in [7, 11) is 0. The van der Waals surface area contributed by atoms with Crippen LogP contribution in [-0.2, 0) is 6.54 Å². The van der Waals surface area contributed by atoms with Crippen molar-refractivity contribution in [2.45, 2.75) is 6.54 Å². The van der Waals surface area contributed by atoms with Gasteiger partial charge >= 0.3 is 0 Å². The third-order valence-corrected chi connectivity index (χ3v) is 4.72. The fourth-order valence-electron chi connectivity index (χ4n) is 1.83. The average Bonchev–Trinajstić information content (AvgIpc) is 2.72. The molecular formula is C11H18BrN3S. The van der Waals surface area contributed by atoms with Crippen LogP contribution in [0.2, 0.25) is 0 Å². The van der Waals surface area contributed by atoms with E-state index in [0.29, 0.717) is 0 Å². The molecule has 1 aromatic rings. The Hall–Kier alpha value is 0.0600. The second-order valence-electron chi connectivity index (χ2n) is 3.96. The van der Waals surface area contributed by atoms with Crippen molar-refractivity contribution < 1.29 is 0 Å². The third-order valence-electron chi connectivity index (χ3n) is 2.79. The summed E-state index contributed by atoms with van der Waals surface area (Å²) in [5, 5.41) is 8.99. The van der Waals surface area contributed by atoms with E-state index in [4.69, 9.17) is 0 Å². The minimum atomic E-state index is 0.977. The van der Waals surface area contributed by atoms with Gasteiger partial charge in [0.25, 0.3) is 0 Å². The van der Waals surface area contributed by atoms with Crippen LogP contribution in [0.5, 0.6) is 0 Å². The first kappa shape index (κ1) is 12.5. The molecule has 16 heavy (non-hydrogen) atoms. The van der Waals surface area contributed by atoms with Gasteiger partial charge in [0.15, 0.2) is 0 Å². The van der Waals surface area contributed by atoms with Crippen LogP contribution in [0, 0.1) is 0 Å². The molecule has 0 radical (unpaired) electrons. The number of piperazine rings is 1. The third kappa shape index (κ3) is 3.82. The van der Waals surface area contributed by atoms with Gasteiger partial charge < -0.3 is 10.6 Å². The van der Waals surface area contributed by atoms with E-state index >= 15 is 0 Å². The minimum Gasteiger partial charge on any atom is -0.314 e. The lowest BCUT2D eigenvalue weighted by molar-refractivity contribution is 0.241. The minimum absolute atomic E-state index is 0.977. The molecule has 2 rings (SSSR count). The van der Waals surface area contributed by atoms with E-state index in [1.807, 2.05) is 0 Å². The van der Waals surface area contributed by atoms with Crippen LogP contribution >= 0.6 is 27.3 Å². The monoisotopic (exact) mass is 303 g/mol. The summed E-state index contributed by atoms with van der Waals surface area (Å²) < 4.78 is 1.23. The SMILES string of the molecule is Brc1ccsc1CNCCN1CCNCC1. The number of halogens is 1. The van der Waals surface area contributed by atoms with Gasteiger partial charge in [-0.25, -0.2) is 0 Å². The lowest BCUT2D eigenvalue weighted by Crippen LogP contribution is -2.45. The maximum absolute atomic E-state index is 3.55. The largest absolute Gasteiger partial charge is 0.314 e. The van der Waals surface area contributed by atoms with Gasteiger partial charge in [-0.2, -0.15) is 0 Å². The predicted molar refractivity (Wildman–Crippen MR) is 73.0 cm³/mol. The van der Waals surface area contributed by atoms with Gasteiger partial charge in [-0.05, 0) is 27.4 Å². The quantitative estimate of drug-likeness (QED) is 0.808. The zero-order valence-corrected chi connectivity index (χ0v) is 11.7. The van der Waals surface area contributed by atoms with Gasteiger partial charge in [0.1, 0.15) is 0 Å². The van der Waals surface area contributed by atoms with Crippen LogP contribution < -0.4 is 10.6 Å². The van der Waals surface area contributed by atoms with E-state index in [0.717, 1.165) is 32.7 Å². The molecule has 1 saturated heterocycles. The highest BCUT2D eigenvalue weighted by Crippen LogP contribution is 2.21. The van der Waals surface area contributed by atoms with Crippen LogP contribution in [0.15, 0.2) is 15.9 Å². The lowest BCUT2D eigenvalue weighted by Gasteiger charge is -2.27. The first-order chi connectivity index (χ1) is 7.86. The molecule has 0 spiro atoms. The predicted octanol–water partition coefficient (Wildman–Crippen LogP) is 1.51. The fraction of sp³-hybridized carbons (Fsp3) is 0.636. The molecule has 1 fully saturated rings. The van der Waals surface area contributed by atoms with Crippen LogP contribution in [0.1, 0.15) is 4.88 Å². The Morgan fingerprint density at radius 1 is 1.44 bits per heavy atom. The smallest absolute Gasteiger partial charge is 0.0327 e. The highest BCUT2D eigenvalue weighted by atomic mass is 79.9. The number of rotatable bonds is 5. The number of thiophene rings is 1. The Morgan fingerprint density at radius 3 is 2.94 bits per heavy atom. The number of nitrogens with zero attached hydrogens (tertiary/aromatic N) is 1. The molecule has 2 heterocycles. The Bertz CT molecular complexity index is 310. The van der Waals surface area contributed by atoms with E-state index in [1.165, 1.54) is 22.4 Å². The van der Waals surface area contributed by atoms with Gasteiger partial charge in [-0.1, -0.05) is 0 Å². The van der Waals surface area contributed by atoms with Crippen LogP contribution in [0.4, 0.5) is 0 Å². The fourth-order valence-corrected chi connectivity index (χ4v) is 3.29. The maximum Gasteiger partial charge on any atom is 0.0327 e. The molecule has 0 aromatic carbocycles. The highest BCUT2D eigenvalue weighted by Gasteiger charge is 2.08. The van der Waals surface area contributed by atoms with Crippen LogP contribution in [0.3, 0.4) is 0 Å². The molecule has 0 amide bonds. The molecule has 3 nitrogen and oxygen atoms in total. The molecule has 1 aliphatic heterocycles. The molecule has 0 bridgehead atoms. The van der Waals surface area contributed by atoms with Crippen molar-refractivity contribution in [3.05, 3.63) is 20.8 Å². The van der Waals surface area contributed by atoms with Crippen molar-refractivity contribution in [3.8, 4) is 0 Å². The summed E-state index contributed by atoms with van der Waals surface area (Å²) in [6, 6.07) is 2.11. The molecular weight excluding hydrogens is 286 g/mol. The second-order valence-corrected chi connectivity index (χ2v) is 5.82. The molecule has 0 aliphatic carbocycles. The standard InChI is InChI=1S/C11H18BrN3S/c12-10-1-8-16-11(10)9-14-4-7-15-5-2-13-3-6-15/h1,8,13-14H,2-7,9H2. The normalized spacial score (nSPS) is 17.8. The second kappa shape index (κ2) is 6.71. The van der Waals surface area contributed by atoms with Crippen molar-refractivity contribution >= 4 is 27.3 Å². The van der Waals surface area contributed by atoms with Gasteiger partial charge in [0.2, 0.25) is 0 Å². The summed E-state index contributed by atoms with van der Waals surface area (Å²) >= 11 is 5.35. The molecule has 0 saturated carbocycles. The summed E-state index contributed by atoms with van der Waals surface area (Å²) in [6.07, 6.45) is 0. The lowest BCUT2D eigenvalue weighted by atomic mass is 10.3. The zero-order chi connectivity index (χ0) is 11.2. The summed E-state index contributed by atoms with van der Waals surface area (Å²) in [5.74, 6) is 0. The molecule has 2 N–H and O–H groups in total. The Kier molecular flexibility index (Phi) is 5.25. The van der Waals surface area contributed by atoms with E-state index in [-0.39, 0.29) is 0 Å².